The van der Waals surface area contributed by atoms with Crippen molar-refractivity contribution in [3.63, 3.8) is 0 Å². The summed E-state index contributed by atoms with van der Waals surface area (Å²) in [6.07, 6.45) is 0. The number of ketones is 1. The van der Waals surface area contributed by atoms with Crippen molar-refractivity contribution in [2.75, 3.05) is 19.8 Å². The largest absolute Gasteiger partial charge is 0.308 e. The molecule has 0 unspecified atom stereocenters. The summed E-state index contributed by atoms with van der Waals surface area (Å²) in [7, 11) is 3.90. The highest BCUT2D eigenvalue weighted by Crippen LogP contribution is 2.28. The van der Waals surface area contributed by atoms with Gasteiger partial charge in [0, 0.05) is 16.4 Å². The molecule has 0 aliphatic rings. The van der Waals surface area contributed by atoms with Crippen LogP contribution >= 0.6 is 23.4 Å². The topological polar surface area (TPSA) is 98.7 Å². The number of nitrogens with one attached hydrogen (secondary N) is 1. The van der Waals surface area contributed by atoms with Crippen LogP contribution < -0.4 is 0 Å². The van der Waals surface area contributed by atoms with Crippen molar-refractivity contribution < 1.29 is 4.79 Å². The summed E-state index contributed by atoms with van der Waals surface area (Å²) in [5, 5.41) is 26.4. The lowest BCUT2D eigenvalue weighted by Crippen LogP contribution is -2.22. The first kappa shape index (κ1) is 21.1. The fourth-order valence-electron chi connectivity index (χ4n) is 2.34. The van der Waals surface area contributed by atoms with Crippen molar-refractivity contribution >= 4 is 34.9 Å². The molecule has 0 aliphatic heterocycles. The second kappa shape index (κ2) is 9.13. The lowest BCUT2D eigenvalue weighted by atomic mass is 10.0. The van der Waals surface area contributed by atoms with Gasteiger partial charge in [-0.15, -0.1) is 10.2 Å². The maximum absolute atomic E-state index is 12.3. The molecule has 0 radical (unpaired) electrons. The van der Waals surface area contributed by atoms with Gasteiger partial charge in [-0.2, -0.15) is 5.26 Å². The quantitative estimate of drug-likeness (QED) is 0.534. The minimum absolute atomic E-state index is 0.00564. The van der Waals surface area contributed by atoms with Crippen molar-refractivity contribution in [1.82, 2.24) is 19.7 Å². The van der Waals surface area contributed by atoms with Crippen molar-refractivity contribution in [2.45, 2.75) is 25.0 Å². The summed E-state index contributed by atoms with van der Waals surface area (Å²) in [4.78, 5) is 14.3. The van der Waals surface area contributed by atoms with Crippen LogP contribution in [0.2, 0.25) is 5.02 Å². The van der Waals surface area contributed by atoms with E-state index in [1.165, 1.54) is 18.7 Å². The highest BCUT2D eigenvalue weighted by Gasteiger charge is 2.24. The van der Waals surface area contributed by atoms with Gasteiger partial charge in [-0.25, -0.2) is 0 Å². The molecule has 0 spiro atoms. The molecule has 1 N–H and O–H groups in total. The molecule has 142 valence electrons. The van der Waals surface area contributed by atoms with Gasteiger partial charge in [-0.05, 0) is 52.2 Å². The maximum atomic E-state index is 12.3. The Morgan fingerprint density at radius 2 is 2.00 bits per heavy atom. The minimum atomic E-state index is -1.02. The Labute approximate surface area is 167 Å². The summed E-state index contributed by atoms with van der Waals surface area (Å²) in [5.41, 5.74) is 0.882. The van der Waals surface area contributed by atoms with Crippen molar-refractivity contribution in [1.29, 1.82) is 10.7 Å². The van der Waals surface area contributed by atoms with Gasteiger partial charge in [0.15, 0.2) is 16.8 Å². The fraction of sp³-hybridized carbons (Fsp3) is 0.389. The molecule has 0 saturated carbocycles. The summed E-state index contributed by atoms with van der Waals surface area (Å²) in [6.45, 7) is 3.48. The normalized spacial score (nSPS) is 13.2. The lowest BCUT2D eigenvalue weighted by Gasteiger charge is -2.20. The number of nitriles is 1. The van der Waals surface area contributed by atoms with E-state index in [-0.39, 0.29) is 23.3 Å². The smallest absolute Gasteiger partial charge is 0.196 e. The zero-order valence-electron chi connectivity index (χ0n) is 15.6. The number of benzene rings is 1. The zero-order valence-corrected chi connectivity index (χ0v) is 17.2. The first-order valence-electron chi connectivity index (χ1n) is 8.24. The van der Waals surface area contributed by atoms with Crippen LogP contribution in [0.1, 0.15) is 25.7 Å². The van der Waals surface area contributed by atoms with Crippen LogP contribution in [0.4, 0.5) is 0 Å². The number of aromatic nitrogens is 3. The number of nitrogens with zero attached hydrogens (tertiary/aromatic N) is 5. The number of Topliss-reactive ketones (excluding diaryl/α,β-unsaturated/α-hetero) is 1. The number of hydrogen-bond donors (Lipinski definition) is 1. The van der Waals surface area contributed by atoms with Gasteiger partial charge < -0.3 is 5.41 Å². The summed E-state index contributed by atoms with van der Waals surface area (Å²) >= 11 is 7.21. The Morgan fingerprint density at radius 1 is 1.37 bits per heavy atom. The number of carbonyl (C=O) groups excluding carboxylic acids is 1. The Balaban J connectivity index is 2.36. The molecule has 2 aromatic rings. The molecular weight excluding hydrogens is 384 g/mol. The van der Waals surface area contributed by atoms with E-state index in [9.17, 15) is 4.79 Å². The molecule has 1 aromatic heterocycles. The van der Waals surface area contributed by atoms with Gasteiger partial charge in [-0.3, -0.25) is 14.3 Å². The van der Waals surface area contributed by atoms with E-state index in [2.05, 4.69) is 10.2 Å². The van der Waals surface area contributed by atoms with Gasteiger partial charge in [0.2, 0.25) is 0 Å². The van der Waals surface area contributed by atoms with Crippen LogP contribution in [0, 0.1) is 22.7 Å². The molecule has 7 nitrogen and oxygen atoms in total. The average Bonchev–Trinajstić information content (AvgIpc) is 3.03. The second-order valence-electron chi connectivity index (χ2n) is 6.29. The molecule has 9 heteroatoms. The first-order chi connectivity index (χ1) is 12.8. The van der Waals surface area contributed by atoms with E-state index in [4.69, 9.17) is 22.3 Å². The van der Waals surface area contributed by atoms with Gasteiger partial charge in [0.05, 0.1) is 17.9 Å². The van der Waals surface area contributed by atoms with Crippen LogP contribution in [0.5, 0.6) is 0 Å². The third-order valence-electron chi connectivity index (χ3n) is 4.12. The molecule has 27 heavy (non-hydrogen) atoms. The predicted octanol–water partition coefficient (Wildman–Crippen LogP) is 3.38. The van der Waals surface area contributed by atoms with Crippen LogP contribution in [-0.4, -0.2) is 51.0 Å². The molecule has 0 fully saturated rings. The molecule has 0 bridgehead atoms. The van der Waals surface area contributed by atoms with Crippen LogP contribution in [0.15, 0.2) is 29.4 Å². The van der Waals surface area contributed by atoms with Gasteiger partial charge in [-0.1, -0.05) is 23.4 Å². The zero-order chi connectivity index (χ0) is 20.1. The molecule has 0 saturated heterocycles. The number of carbonyl (C=O) groups is 1. The second-order valence-corrected chi connectivity index (χ2v) is 7.67. The highest BCUT2D eigenvalue weighted by atomic mass is 35.5. The van der Waals surface area contributed by atoms with E-state index in [1.807, 2.05) is 48.7 Å². The van der Waals surface area contributed by atoms with Crippen molar-refractivity contribution in [3.8, 4) is 11.8 Å². The molecular formula is C18H21ClN6OS. The molecule has 0 aliphatic carbocycles. The average molecular weight is 405 g/mol. The van der Waals surface area contributed by atoms with Gasteiger partial charge in [0.25, 0.3) is 0 Å². The van der Waals surface area contributed by atoms with E-state index in [0.29, 0.717) is 10.2 Å². The number of hydrogen-bond acceptors (Lipinski definition) is 7. The standard InChI is InChI=1S/C18H21ClN6OS/c1-11(21)15(9-20)16(26)10-27-18-23-22-17(12(2)24(3)4)25(18)14-7-5-13(19)6-8-14/h5-8,12,15,21H,10H2,1-4H3/t12-,15-/m1/s1. The van der Waals surface area contributed by atoms with Crippen molar-refractivity contribution in [2.24, 2.45) is 5.92 Å². The number of halogens is 1. The Hall–Kier alpha value is -2.21. The van der Waals surface area contributed by atoms with Crippen LogP contribution in [0.25, 0.3) is 5.69 Å². The summed E-state index contributed by atoms with van der Waals surface area (Å²) in [5.74, 6) is -0.568. The third kappa shape index (κ3) is 4.95. The SMILES string of the molecule is CC(=N)[C@@H](C#N)C(=O)CSc1nnc([C@@H](C)N(C)C)n1-c1ccc(Cl)cc1. The summed E-state index contributed by atoms with van der Waals surface area (Å²) in [6, 6.07) is 9.16. The predicted molar refractivity (Wildman–Crippen MR) is 107 cm³/mol. The van der Waals surface area contributed by atoms with Crippen LogP contribution in [-0.2, 0) is 4.79 Å². The van der Waals surface area contributed by atoms with Gasteiger partial charge >= 0.3 is 0 Å². The van der Waals surface area contributed by atoms with E-state index >= 15 is 0 Å². The monoisotopic (exact) mass is 404 g/mol. The lowest BCUT2D eigenvalue weighted by molar-refractivity contribution is -0.117. The molecule has 2 atom stereocenters. The van der Waals surface area contributed by atoms with Crippen molar-refractivity contribution in [3.05, 3.63) is 35.1 Å². The Kier molecular flexibility index (Phi) is 7.13. The van der Waals surface area contributed by atoms with E-state index in [1.54, 1.807) is 12.1 Å². The third-order valence-corrected chi connectivity index (χ3v) is 5.32. The first-order valence-corrected chi connectivity index (χ1v) is 9.60. The van der Waals surface area contributed by atoms with Gasteiger partial charge in [0.1, 0.15) is 5.92 Å². The molecule has 2 rings (SSSR count). The molecule has 1 aromatic carbocycles. The Bertz CT molecular complexity index is 871. The van der Waals surface area contributed by atoms with E-state index < -0.39 is 5.92 Å². The van der Waals surface area contributed by atoms with Crippen LogP contribution in [0.3, 0.4) is 0 Å². The fourth-order valence-corrected chi connectivity index (χ4v) is 3.33. The number of thioether (sulfide) groups is 1. The number of rotatable bonds is 8. The minimum Gasteiger partial charge on any atom is -0.308 e. The van der Waals surface area contributed by atoms with E-state index in [0.717, 1.165) is 11.5 Å². The maximum Gasteiger partial charge on any atom is 0.196 e. The highest BCUT2D eigenvalue weighted by molar-refractivity contribution is 7.99. The Morgan fingerprint density at radius 3 is 2.52 bits per heavy atom. The molecule has 0 amide bonds. The summed E-state index contributed by atoms with van der Waals surface area (Å²) < 4.78 is 1.89. The molecule has 1 heterocycles.